The minimum Gasteiger partial charge on any atom is -0.328 e. The van der Waals surface area contributed by atoms with Gasteiger partial charge in [-0.1, -0.05) is 24.3 Å². The van der Waals surface area contributed by atoms with Crippen LogP contribution >= 0.6 is 0 Å². The van der Waals surface area contributed by atoms with E-state index in [0.717, 1.165) is 39.8 Å². The van der Waals surface area contributed by atoms with Crippen LogP contribution in [-0.4, -0.2) is 43.3 Å². The molecule has 206 valence electrons. The molecule has 0 atom stereocenters. The molecule has 0 spiro atoms. The quantitative estimate of drug-likeness (QED) is 0.243. The summed E-state index contributed by atoms with van der Waals surface area (Å²) in [4.78, 5) is 17.9. The van der Waals surface area contributed by atoms with Gasteiger partial charge in [-0.2, -0.15) is 18.3 Å². The van der Waals surface area contributed by atoms with Crippen molar-refractivity contribution in [2.75, 3.05) is 0 Å². The number of hydrogen-bond acceptors (Lipinski definition) is 5. The first-order chi connectivity index (χ1) is 19.0. The molecule has 0 aliphatic heterocycles. The van der Waals surface area contributed by atoms with Crippen molar-refractivity contribution in [3.63, 3.8) is 0 Å². The Hall–Kier alpha value is -4.48. The first-order valence-corrected chi connectivity index (χ1v) is 13.0. The summed E-state index contributed by atoms with van der Waals surface area (Å²) in [5.41, 5.74) is 4.94. The van der Waals surface area contributed by atoms with Crippen molar-refractivity contribution in [1.29, 1.82) is 0 Å². The van der Waals surface area contributed by atoms with Gasteiger partial charge in [0.25, 0.3) is 0 Å². The van der Waals surface area contributed by atoms with Crippen molar-refractivity contribution in [3.05, 3.63) is 72.2 Å². The molecule has 0 N–H and O–H groups in total. The smallest absolute Gasteiger partial charge is 0.328 e. The Morgan fingerprint density at radius 3 is 2.35 bits per heavy atom. The summed E-state index contributed by atoms with van der Waals surface area (Å²) in [5.74, 6) is 0.871. The van der Waals surface area contributed by atoms with Crippen LogP contribution in [0.25, 0.3) is 39.7 Å². The number of benzene rings is 1. The average Bonchev–Trinajstić information content (AvgIpc) is 3.68. The molecule has 0 aliphatic rings. The van der Waals surface area contributed by atoms with E-state index in [1.165, 1.54) is 0 Å². The molecular weight excluding hydrogens is 519 g/mol. The molecule has 40 heavy (non-hydrogen) atoms. The Bertz CT molecular complexity index is 1830. The van der Waals surface area contributed by atoms with E-state index in [2.05, 4.69) is 38.5 Å². The summed E-state index contributed by atoms with van der Waals surface area (Å²) in [6, 6.07) is 7.39. The van der Waals surface area contributed by atoms with E-state index < -0.39 is 11.9 Å². The minimum atomic E-state index is -4.51. The second kappa shape index (κ2) is 9.32. The van der Waals surface area contributed by atoms with Crippen LogP contribution in [0, 0.1) is 6.92 Å². The van der Waals surface area contributed by atoms with Crippen LogP contribution in [0.5, 0.6) is 0 Å². The van der Waals surface area contributed by atoms with Crippen LogP contribution in [0.15, 0.2) is 55.4 Å². The topological polar surface area (TPSA) is 83.6 Å². The minimum absolute atomic E-state index is 0.145. The maximum absolute atomic E-state index is 13.4. The highest BCUT2D eigenvalue weighted by Crippen LogP contribution is 2.33. The molecule has 0 amide bonds. The second-order valence-electron chi connectivity index (χ2n) is 10.5. The van der Waals surface area contributed by atoms with Gasteiger partial charge in [-0.15, -0.1) is 0 Å². The third-order valence-electron chi connectivity index (χ3n) is 6.97. The molecule has 5 heterocycles. The van der Waals surface area contributed by atoms with Gasteiger partial charge < -0.3 is 9.13 Å². The van der Waals surface area contributed by atoms with Gasteiger partial charge in [0, 0.05) is 23.8 Å². The lowest BCUT2D eigenvalue weighted by Gasteiger charge is -2.12. The Labute approximate surface area is 228 Å². The third-order valence-corrected chi connectivity index (χ3v) is 6.97. The number of alkyl halides is 3. The lowest BCUT2D eigenvalue weighted by atomic mass is 10.1. The fourth-order valence-corrected chi connectivity index (χ4v) is 4.98. The molecule has 5 aromatic heterocycles. The molecule has 12 heteroatoms. The molecule has 0 unspecified atom stereocenters. The predicted octanol–water partition coefficient (Wildman–Crippen LogP) is 6.34. The number of hydrogen-bond donors (Lipinski definition) is 0. The summed E-state index contributed by atoms with van der Waals surface area (Å²) < 4.78 is 47.6. The maximum Gasteiger partial charge on any atom is 0.434 e. The second-order valence-corrected chi connectivity index (χ2v) is 10.5. The Morgan fingerprint density at radius 1 is 0.925 bits per heavy atom. The van der Waals surface area contributed by atoms with Crippen LogP contribution in [0.4, 0.5) is 13.2 Å². The van der Waals surface area contributed by atoms with Crippen LogP contribution < -0.4 is 0 Å². The molecular formula is C28H28F3N9. The average molecular weight is 548 g/mol. The summed E-state index contributed by atoms with van der Waals surface area (Å²) in [6.07, 6.45) is 3.69. The van der Waals surface area contributed by atoms with Crippen LogP contribution in [0.1, 0.15) is 56.6 Å². The van der Waals surface area contributed by atoms with Crippen molar-refractivity contribution in [2.45, 2.75) is 59.4 Å². The van der Waals surface area contributed by atoms with Crippen LogP contribution in [-0.2, 0) is 12.7 Å². The number of rotatable bonds is 6. The number of nitrogens with zero attached hydrogens (tertiary/aromatic N) is 9. The highest BCUT2D eigenvalue weighted by Gasteiger charge is 2.35. The standard InChI is InChI=1S/C28H28F3N9/c1-16(2)37-14-22(28(29,30)31)35-26(37)20-8-6-19(7-9-20)13-38-23-12-32-15-39(23)21-11-33-25(36-27(21)38)24-18(5)10-34-40(24)17(3)4/h6-12,14-17H,13H2,1-5H3. The van der Waals surface area contributed by atoms with Gasteiger partial charge in [-0.25, -0.2) is 19.9 Å². The number of aryl methyl sites for hydroxylation is 1. The first kappa shape index (κ1) is 25.8. The number of imidazole rings is 3. The molecule has 0 saturated carbocycles. The summed E-state index contributed by atoms with van der Waals surface area (Å²) >= 11 is 0. The SMILES string of the molecule is Cc1cnn(C(C)C)c1-c1ncc2c(n1)n(Cc1ccc(-c3nc(C(F)(F)F)cn3C(C)C)cc1)c1cncn21. The maximum atomic E-state index is 13.4. The molecule has 9 nitrogen and oxygen atoms in total. The zero-order valence-electron chi connectivity index (χ0n) is 22.7. The molecule has 0 bridgehead atoms. The highest BCUT2D eigenvalue weighted by molar-refractivity contribution is 5.79. The molecule has 0 aliphatic carbocycles. The van der Waals surface area contributed by atoms with Crippen LogP contribution in [0.3, 0.4) is 0 Å². The lowest BCUT2D eigenvalue weighted by molar-refractivity contribution is -0.140. The van der Waals surface area contributed by atoms with E-state index in [4.69, 9.17) is 4.98 Å². The Balaban J connectivity index is 1.40. The fraction of sp³-hybridized carbons (Fsp3) is 0.321. The fourth-order valence-electron chi connectivity index (χ4n) is 4.98. The highest BCUT2D eigenvalue weighted by atomic mass is 19.4. The monoisotopic (exact) mass is 547 g/mol. The van der Waals surface area contributed by atoms with Gasteiger partial charge >= 0.3 is 6.18 Å². The van der Waals surface area contributed by atoms with Crippen molar-refractivity contribution >= 4 is 16.8 Å². The molecule has 6 aromatic rings. The zero-order valence-corrected chi connectivity index (χ0v) is 22.7. The van der Waals surface area contributed by atoms with Crippen molar-refractivity contribution in [3.8, 4) is 22.9 Å². The normalized spacial score (nSPS) is 12.6. The predicted molar refractivity (Wildman–Crippen MR) is 145 cm³/mol. The molecule has 1 aromatic carbocycles. The molecule has 0 radical (unpaired) electrons. The van der Waals surface area contributed by atoms with E-state index in [-0.39, 0.29) is 17.9 Å². The number of aromatic nitrogens is 9. The summed E-state index contributed by atoms with van der Waals surface area (Å²) in [7, 11) is 0. The van der Waals surface area contributed by atoms with Gasteiger partial charge in [0.1, 0.15) is 29.0 Å². The Kier molecular flexibility index (Phi) is 6.00. The first-order valence-electron chi connectivity index (χ1n) is 13.0. The van der Waals surface area contributed by atoms with Gasteiger partial charge in [0.2, 0.25) is 0 Å². The van der Waals surface area contributed by atoms with E-state index in [1.807, 2.05) is 48.2 Å². The molecule has 0 saturated heterocycles. The Morgan fingerprint density at radius 2 is 1.68 bits per heavy atom. The van der Waals surface area contributed by atoms with Crippen LogP contribution in [0.2, 0.25) is 0 Å². The molecule has 0 fully saturated rings. The van der Waals surface area contributed by atoms with E-state index in [1.54, 1.807) is 35.4 Å². The van der Waals surface area contributed by atoms with Crippen molar-refractivity contribution in [2.24, 2.45) is 0 Å². The van der Waals surface area contributed by atoms with Gasteiger partial charge in [0.05, 0.1) is 25.1 Å². The van der Waals surface area contributed by atoms with E-state index in [0.29, 0.717) is 17.9 Å². The lowest BCUT2D eigenvalue weighted by Crippen LogP contribution is -2.08. The third kappa shape index (κ3) is 4.23. The van der Waals surface area contributed by atoms with Crippen molar-refractivity contribution in [1.82, 2.24) is 43.3 Å². The summed E-state index contributed by atoms with van der Waals surface area (Å²) in [5, 5.41) is 4.51. The zero-order chi connectivity index (χ0) is 28.3. The van der Waals surface area contributed by atoms with Gasteiger partial charge in [-0.05, 0) is 45.7 Å². The van der Waals surface area contributed by atoms with Gasteiger partial charge in [0.15, 0.2) is 17.2 Å². The molecule has 6 rings (SSSR count). The summed E-state index contributed by atoms with van der Waals surface area (Å²) in [6.45, 7) is 10.3. The van der Waals surface area contributed by atoms with E-state index >= 15 is 0 Å². The number of fused-ring (bicyclic) bond motifs is 3. The largest absolute Gasteiger partial charge is 0.434 e. The van der Waals surface area contributed by atoms with Gasteiger partial charge in [-0.3, -0.25) is 9.08 Å². The van der Waals surface area contributed by atoms with Crippen molar-refractivity contribution < 1.29 is 13.2 Å². The number of halogens is 3. The van der Waals surface area contributed by atoms with E-state index in [9.17, 15) is 13.2 Å².